The molecule has 0 aromatic carbocycles. The Morgan fingerprint density at radius 1 is 1.47 bits per heavy atom. The SMILES string of the molecule is CC1=CC(C)(N)C(S(=O)(=O)O)C(C)=C1N. The molecule has 1 aliphatic rings. The molecule has 2 unspecified atom stereocenters. The van der Waals surface area contributed by atoms with Gasteiger partial charge in [0.2, 0.25) is 0 Å². The molecule has 5 nitrogen and oxygen atoms in total. The Bertz CT molecular complexity index is 446. The van der Waals surface area contributed by atoms with Crippen LogP contribution in [0.1, 0.15) is 20.8 Å². The average Bonchev–Trinajstić information content (AvgIpc) is 1.95. The second-order valence-electron chi connectivity index (χ2n) is 4.19. The molecule has 0 aromatic heterocycles. The molecule has 2 atom stereocenters. The molecular weight excluding hydrogens is 216 g/mol. The second kappa shape index (κ2) is 3.33. The van der Waals surface area contributed by atoms with Gasteiger partial charge in [-0.05, 0) is 31.9 Å². The van der Waals surface area contributed by atoms with E-state index >= 15 is 0 Å². The molecule has 15 heavy (non-hydrogen) atoms. The van der Waals surface area contributed by atoms with Gasteiger partial charge in [-0.3, -0.25) is 4.55 Å². The molecule has 5 N–H and O–H groups in total. The maximum absolute atomic E-state index is 11.2. The first-order valence-electron chi connectivity index (χ1n) is 4.48. The lowest BCUT2D eigenvalue weighted by molar-refractivity contribution is 0.442. The summed E-state index contributed by atoms with van der Waals surface area (Å²) in [5.74, 6) is 0. The Kier molecular flexibility index (Phi) is 2.71. The summed E-state index contributed by atoms with van der Waals surface area (Å²) >= 11 is 0. The number of allylic oxidation sites excluding steroid dienone is 1. The van der Waals surface area contributed by atoms with Crippen LogP contribution in [-0.4, -0.2) is 23.8 Å². The predicted molar refractivity (Wildman–Crippen MR) is 58.6 cm³/mol. The summed E-state index contributed by atoms with van der Waals surface area (Å²) in [5, 5.41) is -1.17. The van der Waals surface area contributed by atoms with Crippen molar-refractivity contribution in [1.82, 2.24) is 0 Å². The normalized spacial score (nSPS) is 32.9. The van der Waals surface area contributed by atoms with Crippen molar-refractivity contribution in [1.29, 1.82) is 0 Å². The topological polar surface area (TPSA) is 106 Å². The van der Waals surface area contributed by atoms with Crippen molar-refractivity contribution in [2.24, 2.45) is 11.5 Å². The molecule has 0 aromatic rings. The Morgan fingerprint density at radius 3 is 2.33 bits per heavy atom. The Labute approximate surface area is 89.6 Å². The molecule has 1 rings (SSSR count). The van der Waals surface area contributed by atoms with E-state index in [1.807, 2.05) is 0 Å². The van der Waals surface area contributed by atoms with Crippen LogP contribution in [0.4, 0.5) is 0 Å². The molecular formula is C9H16N2O3S. The third kappa shape index (κ3) is 2.06. The summed E-state index contributed by atoms with van der Waals surface area (Å²) in [6.45, 7) is 4.87. The molecule has 0 aliphatic heterocycles. The zero-order valence-corrected chi connectivity index (χ0v) is 9.80. The van der Waals surface area contributed by atoms with Gasteiger partial charge in [-0.25, -0.2) is 0 Å². The van der Waals surface area contributed by atoms with Gasteiger partial charge in [0.15, 0.2) is 0 Å². The minimum absolute atomic E-state index is 0.376. The highest BCUT2D eigenvalue weighted by Gasteiger charge is 2.42. The van der Waals surface area contributed by atoms with Crippen LogP contribution in [0.5, 0.6) is 0 Å². The highest BCUT2D eigenvalue weighted by atomic mass is 32.2. The standard InChI is InChI=1S/C9H16N2O3S/c1-5-4-9(3,11)8(15(12,13)14)6(2)7(5)10/h4,8H,10-11H2,1-3H3,(H,12,13,14). The van der Waals surface area contributed by atoms with Crippen molar-refractivity contribution in [2.45, 2.75) is 31.6 Å². The van der Waals surface area contributed by atoms with Crippen LogP contribution < -0.4 is 11.5 Å². The van der Waals surface area contributed by atoms with Gasteiger partial charge in [-0.2, -0.15) is 8.42 Å². The molecule has 1 aliphatic carbocycles. The van der Waals surface area contributed by atoms with Gasteiger partial charge in [-0.1, -0.05) is 6.08 Å². The maximum Gasteiger partial charge on any atom is 0.273 e. The summed E-state index contributed by atoms with van der Waals surface area (Å²) < 4.78 is 31.6. The monoisotopic (exact) mass is 232 g/mol. The van der Waals surface area contributed by atoms with Crippen molar-refractivity contribution < 1.29 is 13.0 Å². The van der Waals surface area contributed by atoms with E-state index in [0.717, 1.165) is 5.57 Å². The number of hydrogen-bond acceptors (Lipinski definition) is 4. The zero-order valence-electron chi connectivity index (χ0n) is 8.98. The molecule has 0 radical (unpaired) electrons. The molecule has 0 saturated carbocycles. The minimum atomic E-state index is -4.25. The van der Waals surface area contributed by atoms with Crippen LogP contribution in [0, 0.1) is 0 Å². The maximum atomic E-state index is 11.2. The van der Waals surface area contributed by atoms with Crippen LogP contribution in [-0.2, 0) is 10.1 Å². The van der Waals surface area contributed by atoms with Gasteiger partial charge in [0.25, 0.3) is 10.1 Å². The molecule has 0 heterocycles. The van der Waals surface area contributed by atoms with E-state index in [4.69, 9.17) is 16.0 Å². The van der Waals surface area contributed by atoms with Gasteiger partial charge >= 0.3 is 0 Å². The van der Waals surface area contributed by atoms with Crippen molar-refractivity contribution in [3.05, 3.63) is 22.9 Å². The van der Waals surface area contributed by atoms with Crippen LogP contribution in [0.25, 0.3) is 0 Å². The summed E-state index contributed by atoms with van der Waals surface area (Å²) in [6.07, 6.45) is 1.56. The molecule has 0 saturated heterocycles. The van der Waals surface area contributed by atoms with E-state index in [-0.39, 0.29) is 0 Å². The second-order valence-corrected chi connectivity index (χ2v) is 5.69. The summed E-state index contributed by atoms with van der Waals surface area (Å²) in [4.78, 5) is 0. The third-order valence-corrected chi connectivity index (χ3v) is 4.09. The van der Waals surface area contributed by atoms with Gasteiger partial charge < -0.3 is 11.5 Å². The first-order chi connectivity index (χ1) is 6.57. The molecule has 0 bridgehead atoms. The third-order valence-electron chi connectivity index (χ3n) is 2.63. The first kappa shape index (κ1) is 12.2. The van der Waals surface area contributed by atoms with Gasteiger partial charge in [0, 0.05) is 5.70 Å². The summed E-state index contributed by atoms with van der Waals surface area (Å²) in [7, 11) is -4.25. The molecule has 0 amide bonds. The number of rotatable bonds is 1. The number of hydrogen-bond donors (Lipinski definition) is 3. The van der Waals surface area contributed by atoms with Crippen molar-refractivity contribution in [3.8, 4) is 0 Å². The van der Waals surface area contributed by atoms with E-state index in [2.05, 4.69) is 0 Å². The first-order valence-corrected chi connectivity index (χ1v) is 5.99. The average molecular weight is 232 g/mol. The molecule has 86 valence electrons. The fraction of sp³-hybridized carbons (Fsp3) is 0.556. The van der Waals surface area contributed by atoms with Gasteiger partial charge in [0.1, 0.15) is 5.25 Å². The largest absolute Gasteiger partial charge is 0.399 e. The minimum Gasteiger partial charge on any atom is -0.399 e. The van der Waals surface area contributed by atoms with Gasteiger partial charge in [-0.15, -0.1) is 0 Å². The van der Waals surface area contributed by atoms with Crippen molar-refractivity contribution >= 4 is 10.1 Å². The lowest BCUT2D eigenvalue weighted by atomic mass is 9.84. The van der Waals surface area contributed by atoms with Crippen LogP contribution >= 0.6 is 0 Å². The fourth-order valence-corrected chi connectivity index (χ4v) is 3.37. The van der Waals surface area contributed by atoms with E-state index in [0.29, 0.717) is 11.3 Å². The van der Waals surface area contributed by atoms with E-state index in [1.165, 1.54) is 0 Å². The highest BCUT2D eigenvalue weighted by Crippen LogP contribution is 2.31. The van der Waals surface area contributed by atoms with Crippen LogP contribution in [0.15, 0.2) is 22.9 Å². The zero-order chi connectivity index (χ0) is 12.0. The summed E-state index contributed by atoms with van der Waals surface area (Å²) in [6, 6.07) is 0. The van der Waals surface area contributed by atoms with Gasteiger partial charge in [0.05, 0.1) is 5.54 Å². The Balaban J connectivity index is 3.43. The smallest absolute Gasteiger partial charge is 0.273 e. The lowest BCUT2D eigenvalue weighted by Crippen LogP contribution is -2.53. The van der Waals surface area contributed by atoms with Crippen molar-refractivity contribution in [3.63, 3.8) is 0 Å². The number of nitrogens with two attached hydrogens (primary N) is 2. The molecule has 6 heteroatoms. The fourth-order valence-electron chi connectivity index (χ4n) is 2.08. The predicted octanol–water partition coefficient (Wildman–Crippen LogP) is 0.153. The van der Waals surface area contributed by atoms with Crippen LogP contribution in [0.3, 0.4) is 0 Å². The van der Waals surface area contributed by atoms with E-state index in [9.17, 15) is 8.42 Å². The van der Waals surface area contributed by atoms with E-state index < -0.39 is 20.9 Å². The van der Waals surface area contributed by atoms with Crippen molar-refractivity contribution in [2.75, 3.05) is 0 Å². The lowest BCUT2D eigenvalue weighted by Gasteiger charge is -2.35. The summed E-state index contributed by atoms with van der Waals surface area (Å²) in [5.41, 5.74) is 11.9. The van der Waals surface area contributed by atoms with Crippen LogP contribution in [0.2, 0.25) is 0 Å². The Hall–Kier alpha value is -0.850. The quantitative estimate of drug-likeness (QED) is 0.558. The van der Waals surface area contributed by atoms with E-state index in [1.54, 1.807) is 26.8 Å². The molecule has 0 fully saturated rings. The highest BCUT2D eigenvalue weighted by molar-refractivity contribution is 7.86. The molecule has 0 spiro atoms. The Morgan fingerprint density at radius 2 is 1.93 bits per heavy atom.